The number of hydrogen-bond donors (Lipinski definition) is 2. The molecular formula is C13H15ClN2O3S. The van der Waals surface area contributed by atoms with Gasteiger partial charge in [-0.15, -0.1) is 0 Å². The summed E-state index contributed by atoms with van der Waals surface area (Å²) in [6.45, 7) is 0.690. The number of carboxylic acids is 1. The zero-order valence-electron chi connectivity index (χ0n) is 10.7. The molecule has 7 heteroatoms. The van der Waals surface area contributed by atoms with Crippen molar-refractivity contribution >= 4 is 40.9 Å². The molecule has 1 heterocycles. The van der Waals surface area contributed by atoms with Gasteiger partial charge < -0.3 is 10.4 Å². The van der Waals surface area contributed by atoms with Crippen LogP contribution in [0.25, 0.3) is 0 Å². The molecule has 2 rings (SSSR count). The summed E-state index contributed by atoms with van der Waals surface area (Å²) in [6, 6.07) is 6.20. The van der Waals surface area contributed by atoms with Gasteiger partial charge in [-0.25, -0.2) is 0 Å². The average molecular weight is 315 g/mol. The number of amides is 1. The highest BCUT2D eigenvalue weighted by Crippen LogP contribution is 2.17. The van der Waals surface area contributed by atoms with Crippen LogP contribution in [0.3, 0.4) is 0 Å². The maximum atomic E-state index is 11.9. The molecule has 20 heavy (non-hydrogen) atoms. The molecule has 2 N–H and O–H groups in total. The summed E-state index contributed by atoms with van der Waals surface area (Å²) >= 11 is 7.37. The predicted molar refractivity (Wildman–Crippen MR) is 80.4 cm³/mol. The number of rotatable bonds is 4. The van der Waals surface area contributed by atoms with Gasteiger partial charge in [0.2, 0.25) is 5.91 Å². The molecule has 0 aliphatic carbocycles. The summed E-state index contributed by atoms with van der Waals surface area (Å²) in [5, 5.41) is 12.5. The van der Waals surface area contributed by atoms with Crippen molar-refractivity contribution in [3.8, 4) is 0 Å². The molecule has 0 bridgehead atoms. The number of nitrogens with one attached hydrogen (secondary N) is 1. The van der Waals surface area contributed by atoms with Crippen molar-refractivity contribution in [2.75, 3.05) is 29.9 Å². The Kier molecular flexibility index (Phi) is 5.28. The van der Waals surface area contributed by atoms with Gasteiger partial charge in [-0.3, -0.25) is 14.5 Å². The fraction of sp³-hybridized carbons (Fsp3) is 0.385. The second kappa shape index (κ2) is 6.97. The van der Waals surface area contributed by atoms with Crippen LogP contribution in [0, 0.1) is 0 Å². The Hall–Kier alpha value is -1.24. The van der Waals surface area contributed by atoms with Crippen LogP contribution < -0.4 is 5.32 Å². The van der Waals surface area contributed by atoms with E-state index in [9.17, 15) is 9.59 Å². The molecule has 0 saturated carbocycles. The number of aliphatic carboxylic acids is 1. The van der Waals surface area contributed by atoms with Gasteiger partial charge in [0.1, 0.15) is 6.04 Å². The summed E-state index contributed by atoms with van der Waals surface area (Å²) < 4.78 is 0. The van der Waals surface area contributed by atoms with Crippen molar-refractivity contribution in [3.63, 3.8) is 0 Å². The van der Waals surface area contributed by atoms with Gasteiger partial charge in [-0.1, -0.05) is 11.6 Å². The minimum Gasteiger partial charge on any atom is -0.480 e. The number of halogens is 1. The number of thioether (sulfide) groups is 1. The number of benzene rings is 1. The van der Waals surface area contributed by atoms with Crippen molar-refractivity contribution in [1.82, 2.24) is 4.90 Å². The van der Waals surface area contributed by atoms with E-state index in [1.54, 1.807) is 40.9 Å². The van der Waals surface area contributed by atoms with E-state index in [4.69, 9.17) is 16.7 Å². The van der Waals surface area contributed by atoms with E-state index in [1.165, 1.54) is 0 Å². The number of hydrogen-bond acceptors (Lipinski definition) is 4. The monoisotopic (exact) mass is 314 g/mol. The van der Waals surface area contributed by atoms with E-state index in [0.29, 0.717) is 23.0 Å². The predicted octanol–water partition coefficient (Wildman–Crippen LogP) is 1.78. The highest BCUT2D eigenvalue weighted by molar-refractivity contribution is 7.99. The largest absolute Gasteiger partial charge is 0.480 e. The normalized spacial score (nSPS) is 19.6. The summed E-state index contributed by atoms with van der Waals surface area (Å²) in [6.07, 6.45) is 0. The number of carboxylic acid groups (broad SMARTS) is 1. The molecular weight excluding hydrogens is 300 g/mol. The third-order valence-electron chi connectivity index (χ3n) is 3.00. The molecule has 1 saturated heterocycles. The van der Waals surface area contributed by atoms with Crippen molar-refractivity contribution in [1.29, 1.82) is 0 Å². The molecule has 1 aromatic rings. The molecule has 1 atom stereocenters. The van der Waals surface area contributed by atoms with Gasteiger partial charge in [0, 0.05) is 28.8 Å². The van der Waals surface area contributed by atoms with Gasteiger partial charge in [0.15, 0.2) is 0 Å². The molecule has 5 nitrogen and oxygen atoms in total. The van der Waals surface area contributed by atoms with Crippen LogP contribution in [-0.2, 0) is 9.59 Å². The zero-order valence-corrected chi connectivity index (χ0v) is 12.3. The van der Waals surface area contributed by atoms with E-state index >= 15 is 0 Å². The first-order valence-electron chi connectivity index (χ1n) is 6.16. The standard InChI is InChI=1S/C13H15ClN2O3S/c14-9-1-3-10(4-2-9)15-12(17)7-16-5-6-20-8-11(16)13(18)19/h1-4,11H,5-8H2,(H,15,17)(H,18,19). The molecule has 0 radical (unpaired) electrons. The molecule has 0 aromatic heterocycles. The fourth-order valence-corrected chi connectivity index (χ4v) is 3.21. The highest BCUT2D eigenvalue weighted by atomic mass is 35.5. The third-order valence-corrected chi connectivity index (χ3v) is 4.27. The van der Waals surface area contributed by atoms with Crippen LogP contribution in [0.5, 0.6) is 0 Å². The summed E-state index contributed by atoms with van der Waals surface area (Å²) in [4.78, 5) is 24.8. The Morgan fingerprint density at radius 2 is 2.10 bits per heavy atom. The van der Waals surface area contributed by atoms with Crippen LogP contribution >= 0.6 is 23.4 Å². The summed E-state index contributed by atoms with van der Waals surface area (Å²) in [7, 11) is 0. The number of carbonyl (C=O) groups excluding carboxylic acids is 1. The molecule has 1 unspecified atom stereocenters. The maximum absolute atomic E-state index is 11.9. The van der Waals surface area contributed by atoms with Crippen LogP contribution in [-0.4, -0.2) is 52.5 Å². The van der Waals surface area contributed by atoms with Crippen molar-refractivity contribution in [2.45, 2.75) is 6.04 Å². The summed E-state index contributed by atoms with van der Waals surface area (Å²) in [5.74, 6) is 0.267. The number of nitrogens with zero attached hydrogens (tertiary/aromatic N) is 1. The van der Waals surface area contributed by atoms with Crippen molar-refractivity contribution in [2.24, 2.45) is 0 Å². The van der Waals surface area contributed by atoms with Gasteiger partial charge >= 0.3 is 5.97 Å². The SMILES string of the molecule is O=C(CN1CCSCC1C(=O)O)Nc1ccc(Cl)cc1. The van der Waals surface area contributed by atoms with E-state index < -0.39 is 12.0 Å². The van der Waals surface area contributed by atoms with Crippen molar-refractivity contribution in [3.05, 3.63) is 29.3 Å². The molecule has 108 valence electrons. The fourth-order valence-electron chi connectivity index (χ4n) is 1.97. The van der Waals surface area contributed by atoms with Crippen LogP contribution in [0.15, 0.2) is 24.3 Å². The molecule has 1 amide bonds. The Morgan fingerprint density at radius 3 is 2.75 bits per heavy atom. The molecule has 0 spiro atoms. The Balaban J connectivity index is 1.92. The first-order chi connectivity index (χ1) is 9.56. The Morgan fingerprint density at radius 1 is 1.40 bits per heavy atom. The Bertz CT molecular complexity index is 495. The van der Waals surface area contributed by atoms with Crippen LogP contribution in [0.4, 0.5) is 5.69 Å². The highest BCUT2D eigenvalue weighted by Gasteiger charge is 2.29. The van der Waals surface area contributed by atoms with Gasteiger partial charge in [0.05, 0.1) is 6.54 Å². The summed E-state index contributed by atoms with van der Waals surface area (Å²) in [5.41, 5.74) is 0.651. The Labute approximate surface area is 126 Å². The van der Waals surface area contributed by atoms with E-state index in [-0.39, 0.29) is 12.5 Å². The minimum absolute atomic E-state index is 0.0835. The second-order valence-electron chi connectivity index (χ2n) is 4.45. The number of anilines is 1. The molecule has 1 aliphatic heterocycles. The lowest BCUT2D eigenvalue weighted by Crippen LogP contribution is -2.50. The third kappa shape index (κ3) is 4.13. The quantitative estimate of drug-likeness (QED) is 0.886. The average Bonchev–Trinajstić information content (AvgIpc) is 2.41. The second-order valence-corrected chi connectivity index (χ2v) is 6.04. The van der Waals surface area contributed by atoms with Gasteiger partial charge in [-0.2, -0.15) is 11.8 Å². The van der Waals surface area contributed by atoms with E-state index in [0.717, 1.165) is 5.75 Å². The zero-order chi connectivity index (χ0) is 14.5. The minimum atomic E-state index is -0.878. The van der Waals surface area contributed by atoms with Crippen LogP contribution in [0.1, 0.15) is 0 Å². The first kappa shape index (κ1) is 15.2. The van der Waals surface area contributed by atoms with Gasteiger partial charge in [-0.05, 0) is 24.3 Å². The lowest BCUT2D eigenvalue weighted by atomic mass is 10.2. The number of carbonyl (C=O) groups is 2. The molecule has 1 fully saturated rings. The topological polar surface area (TPSA) is 69.6 Å². The van der Waals surface area contributed by atoms with E-state index in [1.807, 2.05) is 0 Å². The lowest BCUT2D eigenvalue weighted by Gasteiger charge is -2.31. The lowest BCUT2D eigenvalue weighted by molar-refractivity contribution is -0.142. The first-order valence-corrected chi connectivity index (χ1v) is 7.69. The van der Waals surface area contributed by atoms with E-state index in [2.05, 4.69) is 5.32 Å². The smallest absolute Gasteiger partial charge is 0.321 e. The maximum Gasteiger partial charge on any atom is 0.321 e. The molecule has 1 aromatic carbocycles. The van der Waals surface area contributed by atoms with Gasteiger partial charge in [0.25, 0.3) is 0 Å². The van der Waals surface area contributed by atoms with Crippen molar-refractivity contribution < 1.29 is 14.7 Å². The molecule has 1 aliphatic rings. The van der Waals surface area contributed by atoms with Crippen LogP contribution in [0.2, 0.25) is 5.02 Å².